The Morgan fingerprint density at radius 2 is 1.96 bits per heavy atom. The molecule has 122 valence electrons. The summed E-state index contributed by atoms with van der Waals surface area (Å²) < 4.78 is 1.58. The lowest BCUT2D eigenvalue weighted by molar-refractivity contribution is -0.112. The molecule has 0 fully saturated rings. The molecule has 2 N–H and O–H groups in total. The minimum Gasteiger partial charge on any atom is -0.506 e. The van der Waals surface area contributed by atoms with Crippen molar-refractivity contribution < 1.29 is 9.90 Å². The van der Waals surface area contributed by atoms with E-state index < -0.39 is 5.91 Å². The number of nitrogens with one attached hydrogen (secondary N) is 1. The number of phenols is 1. The summed E-state index contributed by atoms with van der Waals surface area (Å²) in [7, 11) is 0. The number of nitrogens with zero attached hydrogens (tertiary/aromatic N) is 1. The Morgan fingerprint density at radius 1 is 1.29 bits per heavy atom. The zero-order valence-electron chi connectivity index (χ0n) is 12.8. The summed E-state index contributed by atoms with van der Waals surface area (Å²) in [6.45, 7) is 2.05. The molecule has 2 aromatic carbocycles. The van der Waals surface area contributed by atoms with Crippen LogP contribution in [0, 0.1) is 18.5 Å². The van der Waals surface area contributed by atoms with Gasteiger partial charge in [-0.2, -0.15) is 5.26 Å². The molecule has 0 saturated heterocycles. The molecule has 4 nitrogen and oxygen atoms in total. The standard InChI is InChI=1S/C18H14I2N2O2/c1-2-11-3-5-15(6-4-11)22-18(24)13(10-21)7-12-8-14(19)9-16(20)17(12)23/h3-9,23H,2H2,1H3,(H,22,24)/b13-7-. The number of carbonyl (C=O) groups is 1. The van der Waals surface area contributed by atoms with Gasteiger partial charge in [0.15, 0.2) is 0 Å². The Kier molecular flexibility index (Phi) is 6.62. The second-order valence-electron chi connectivity index (χ2n) is 5.00. The van der Waals surface area contributed by atoms with Crippen molar-refractivity contribution in [3.63, 3.8) is 0 Å². The minimum absolute atomic E-state index is 0.0591. The summed E-state index contributed by atoms with van der Waals surface area (Å²) >= 11 is 4.13. The van der Waals surface area contributed by atoms with E-state index in [9.17, 15) is 15.2 Å². The number of benzene rings is 2. The van der Waals surface area contributed by atoms with E-state index in [1.165, 1.54) is 11.6 Å². The largest absolute Gasteiger partial charge is 0.506 e. The van der Waals surface area contributed by atoms with Crippen molar-refractivity contribution in [3.8, 4) is 11.8 Å². The molecular formula is C18H14I2N2O2. The monoisotopic (exact) mass is 544 g/mol. The van der Waals surface area contributed by atoms with E-state index >= 15 is 0 Å². The van der Waals surface area contributed by atoms with Crippen LogP contribution >= 0.6 is 45.2 Å². The van der Waals surface area contributed by atoms with Gasteiger partial charge in [-0.05, 0) is 87.5 Å². The van der Waals surface area contributed by atoms with Gasteiger partial charge in [0, 0.05) is 14.8 Å². The van der Waals surface area contributed by atoms with Crippen LogP contribution in [0.15, 0.2) is 42.0 Å². The van der Waals surface area contributed by atoms with Crippen LogP contribution in [0.3, 0.4) is 0 Å². The number of hydrogen-bond donors (Lipinski definition) is 2. The molecule has 0 aliphatic heterocycles. The zero-order valence-corrected chi connectivity index (χ0v) is 17.1. The van der Waals surface area contributed by atoms with Crippen LogP contribution in [0.4, 0.5) is 5.69 Å². The SMILES string of the molecule is CCc1ccc(NC(=O)/C(C#N)=C\c2cc(I)cc(I)c2O)cc1. The molecule has 0 aliphatic carbocycles. The number of hydrogen-bond acceptors (Lipinski definition) is 3. The number of phenolic OH excluding ortho intramolecular Hbond substituents is 1. The van der Waals surface area contributed by atoms with Gasteiger partial charge in [0.1, 0.15) is 17.4 Å². The number of rotatable bonds is 4. The van der Waals surface area contributed by atoms with Crippen LogP contribution in [0.2, 0.25) is 0 Å². The van der Waals surface area contributed by atoms with E-state index in [0.29, 0.717) is 14.8 Å². The molecule has 0 atom stereocenters. The Labute approximate surface area is 167 Å². The van der Waals surface area contributed by atoms with Crippen LogP contribution in [0.25, 0.3) is 6.08 Å². The summed E-state index contributed by atoms with van der Waals surface area (Å²) in [6, 6.07) is 12.9. The summed E-state index contributed by atoms with van der Waals surface area (Å²) in [4.78, 5) is 12.3. The van der Waals surface area contributed by atoms with E-state index in [2.05, 4.69) is 34.8 Å². The number of carbonyl (C=O) groups excluding carboxylic acids is 1. The number of aromatic hydroxyl groups is 1. The van der Waals surface area contributed by atoms with E-state index in [0.717, 1.165) is 9.99 Å². The van der Waals surface area contributed by atoms with Crippen molar-refractivity contribution in [2.75, 3.05) is 5.32 Å². The predicted octanol–water partition coefficient (Wildman–Crippen LogP) is 4.71. The van der Waals surface area contributed by atoms with Crippen LogP contribution < -0.4 is 5.32 Å². The van der Waals surface area contributed by atoms with E-state index in [-0.39, 0.29) is 11.3 Å². The molecule has 0 heterocycles. The molecule has 0 spiro atoms. The maximum Gasteiger partial charge on any atom is 0.266 e. The molecule has 0 aliphatic rings. The first-order valence-electron chi connectivity index (χ1n) is 7.14. The average Bonchev–Trinajstić information content (AvgIpc) is 2.57. The van der Waals surface area contributed by atoms with Gasteiger partial charge in [0.25, 0.3) is 5.91 Å². The fraction of sp³-hybridized carbons (Fsp3) is 0.111. The first-order valence-corrected chi connectivity index (χ1v) is 9.30. The summed E-state index contributed by atoms with van der Waals surface area (Å²) in [5.41, 5.74) is 2.17. The third-order valence-electron chi connectivity index (χ3n) is 3.34. The van der Waals surface area contributed by atoms with Gasteiger partial charge >= 0.3 is 0 Å². The highest BCUT2D eigenvalue weighted by Crippen LogP contribution is 2.28. The molecule has 0 unspecified atom stereocenters. The lowest BCUT2D eigenvalue weighted by atomic mass is 10.1. The molecule has 0 saturated carbocycles. The van der Waals surface area contributed by atoms with Crippen molar-refractivity contribution in [1.29, 1.82) is 5.26 Å². The summed E-state index contributed by atoms with van der Waals surface area (Å²) in [6.07, 6.45) is 2.32. The van der Waals surface area contributed by atoms with Crippen LogP contribution in [-0.2, 0) is 11.2 Å². The highest BCUT2D eigenvalue weighted by atomic mass is 127. The maximum atomic E-state index is 12.3. The van der Waals surface area contributed by atoms with Crippen molar-refractivity contribution in [1.82, 2.24) is 0 Å². The molecule has 24 heavy (non-hydrogen) atoms. The van der Waals surface area contributed by atoms with Gasteiger partial charge < -0.3 is 10.4 Å². The van der Waals surface area contributed by atoms with Crippen molar-refractivity contribution in [3.05, 3.63) is 60.2 Å². The minimum atomic E-state index is -0.505. The topological polar surface area (TPSA) is 73.1 Å². The number of amides is 1. The van der Waals surface area contributed by atoms with Crippen LogP contribution in [0.5, 0.6) is 5.75 Å². The predicted molar refractivity (Wildman–Crippen MR) is 112 cm³/mol. The molecule has 1 amide bonds. The fourth-order valence-corrected chi connectivity index (χ4v) is 3.91. The van der Waals surface area contributed by atoms with Gasteiger partial charge in [-0.3, -0.25) is 4.79 Å². The Balaban J connectivity index is 2.27. The van der Waals surface area contributed by atoms with Crippen LogP contribution in [-0.4, -0.2) is 11.0 Å². The molecule has 2 rings (SSSR count). The van der Waals surface area contributed by atoms with Crippen molar-refractivity contribution in [2.24, 2.45) is 0 Å². The van der Waals surface area contributed by atoms with Gasteiger partial charge in [-0.15, -0.1) is 0 Å². The average molecular weight is 544 g/mol. The summed E-state index contributed by atoms with van der Waals surface area (Å²) in [5.74, 6) is -0.445. The Bertz CT molecular complexity index is 837. The van der Waals surface area contributed by atoms with E-state index in [4.69, 9.17) is 0 Å². The van der Waals surface area contributed by atoms with Gasteiger partial charge in [-0.1, -0.05) is 19.1 Å². The van der Waals surface area contributed by atoms with Gasteiger partial charge in [0.05, 0.1) is 3.57 Å². The normalized spacial score (nSPS) is 11.0. The molecule has 0 bridgehead atoms. The van der Waals surface area contributed by atoms with Crippen molar-refractivity contribution >= 4 is 62.9 Å². The first kappa shape index (κ1) is 18.7. The zero-order chi connectivity index (χ0) is 17.7. The van der Waals surface area contributed by atoms with Gasteiger partial charge in [0.2, 0.25) is 0 Å². The molecular weight excluding hydrogens is 530 g/mol. The number of aryl methyl sites for hydroxylation is 1. The first-order chi connectivity index (χ1) is 11.4. The highest BCUT2D eigenvalue weighted by Gasteiger charge is 2.12. The number of anilines is 1. The van der Waals surface area contributed by atoms with Crippen molar-refractivity contribution in [2.45, 2.75) is 13.3 Å². The maximum absolute atomic E-state index is 12.3. The summed E-state index contributed by atoms with van der Waals surface area (Å²) in [5, 5.41) is 22.1. The van der Waals surface area contributed by atoms with Gasteiger partial charge in [-0.25, -0.2) is 0 Å². The lowest BCUT2D eigenvalue weighted by Crippen LogP contribution is -2.13. The fourth-order valence-electron chi connectivity index (χ4n) is 2.02. The third-order valence-corrected chi connectivity index (χ3v) is 4.79. The number of nitriles is 1. The Hall–Kier alpha value is -1.60. The molecule has 0 radical (unpaired) electrons. The van der Waals surface area contributed by atoms with E-state index in [1.807, 2.05) is 46.9 Å². The second kappa shape index (κ2) is 8.48. The Morgan fingerprint density at radius 3 is 2.54 bits per heavy atom. The molecule has 2 aromatic rings. The highest BCUT2D eigenvalue weighted by molar-refractivity contribution is 14.1. The number of halogens is 2. The molecule has 6 heteroatoms. The lowest BCUT2D eigenvalue weighted by Gasteiger charge is -2.07. The van der Waals surface area contributed by atoms with Crippen LogP contribution in [0.1, 0.15) is 18.1 Å². The third kappa shape index (κ3) is 4.70. The smallest absolute Gasteiger partial charge is 0.266 e. The van der Waals surface area contributed by atoms with E-state index in [1.54, 1.807) is 18.2 Å². The molecule has 0 aromatic heterocycles. The quantitative estimate of drug-likeness (QED) is 0.333. The second-order valence-corrected chi connectivity index (χ2v) is 7.41.